The normalized spacial score (nSPS) is 10.1. The molecule has 0 radical (unpaired) electrons. The Labute approximate surface area is 135 Å². The van der Waals surface area contributed by atoms with E-state index >= 15 is 0 Å². The van der Waals surface area contributed by atoms with Crippen molar-refractivity contribution in [2.45, 2.75) is 6.92 Å². The minimum atomic E-state index is -0.583. The summed E-state index contributed by atoms with van der Waals surface area (Å²) in [5.41, 5.74) is 1.47. The molecule has 1 N–H and O–H groups in total. The maximum Gasteiger partial charge on any atom is 0.311 e. The SMILES string of the molecule is COc1ccc(C(=O)Nc2ccc(Br)cc2C)cc1[N+](=O)[O-]. The molecule has 0 bridgehead atoms. The Hall–Kier alpha value is -2.41. The second kappa shape index (κ2) is 6.57. The summed E-state index contributed by atoms with van der Waals surface area (Å²) >= 11 is 3.35. The van der Waals surface area contributed by atoms with Crippen LogP contribution in [-0.2, 0) is 0 Å². The van der Waals surface area contributed by atoms with Crippen molar-refractivity contribution in [3.05, 3.63) is 62.1 Å². The highest BCUT2D eigenvalue weighted by Crippen LogP contribution is 2.28. The van der Waals surface area contributed by atoms with Gasteiger partial charge < -0.3 is 10.1 Å². The fraction of sp³-hybridized carbons (Fsp3) is 0.133. The molecular formula is C15H13BrN2O4. The number of hydrogen-bond donors (Lipinski definition) is 1. The van der Waals surface area contributed by atoms with Crippen LogP contribution in [0.15, 0.2) is 40.9 Å². The standard InChI is InChI=1S/C15H13BrN2O4/c1-9-7-11(16)4-5-12(9)17-15(19)10-3-6-14(22-2)13(8-10)18(20)21/h3-8H,1-2H3,(H,17,19). The number of nitro benzene ring substituents is 1. The maximum atomic E-state index is 12.2. The lowest BCUT2D eigenvalue weighted by Gasteiger charge is -2.09. The van der Waals surface area contributed by atoms with Gasteiger partial charge in [0, 0.05) is 21.8 Å². The van der Waals surface area contributed by atoms with Crippen LogP contribution >= 0.6 is 15.9 Å². The van der Waals surface area contributed by atoms with Gasteiger partial charge in [0.1, 0.15) is 0 Å². The summed E-state index contributed by atoms with van der Waals surface area (Å²) in [5, 5.41) is 13.7. The van der Waals surface area contributed by atoms with Crippen LogP contribution in [0.3, 0.4) is 0 Å². The van der Waals surface area contributed by atoms with Crippen molar-refractivity contribution in [1.82, 2.24) is 0 Å². The number of nitro groups is 1. The Balaban J connectivity index is 2.30. The zero-order valence-corrected chi connectivity index (χ0v) is 13.5. The summed E-state index contributed by atoms with van der Waals surface area (Å²) in [4.78, 5) is 22.7. The van der Waals surface area contributed by atoms with Crippen molar-refractivity contribution >= 4 is 33.2 Å². The summed E-state index contributed by atoms with van der Waals surface area (Å²) in [7, 11) is 1.34. The van der Waals surface area contributed by atoms with Crippen molar-refractivity contribution < 1.29 is 14.5 Å². The molecule has 0 heterocycles. The molecular weight excluding hydrogens is 352 g/mol. The molecule has 0 aliphatic heterocycles. The predicted molar refractivity (Wildman–Crippen MR) is 86.5 cm³/mol. The van der Waals surface area contributed by atoms with E-state index in [4.69, 9.17) is 4.74 Å². The van der Waals surface area contributed by atoms with E-state index < -0.39 is 10.8 Å². The van der Waals surface area contributed by atoms with Gasteiger partial charge in [0.05, 0.1) is 12.0 Å². The van der Waals surface area contributed by atoms with Crippen LogP contribution in [-0.4, -0.2) is 17.9 Å². The molecule has 0 spiro atoms. The van der Waals surface area contributed by atoms with E-state index in [-0.39, 0.29) is 17.0 Å². The van der Waals surface area contributed by atoms with Gasteiger partial charge in [0.15, 0.2) is 5.75 Å². The average molecular weight is 365 g/mol. The number of halogens is 1. The fourth-order valence-electron chi connectivity index (χ4n) is 1.94. The van der Waals surface area contributed by atoms with Crippen molar-refractivity contribution in [2.24, 2.45) is 0 Å². The maximum absolute atomic E-state index is 12.2. The van der Waals surface area contributed by atoms with Crippen LogP contribution in [0.2, 0.25) is 0 Å². The molecule has 0 aromatic heterocycles. The van der Waals surface area contributed by atoms with E-state index in [1.165, 1.54) is 25.3 Å². The molecule has 0 saturated carbocycles. The minimum absolute atomic E-state index is 0.112. The first-order valence-corrected chi connectivity index (χ1v) is 7.11. The highest BCUT2D eigenvalue weighted by Gasteiger charge is 2.18. The number of carbonyl (C=O) groups is 1. The number of nitrogens with one attached hydrogen (secondary N) is 1. The first kappa shape index (κ1) is 16.0. The largest absolute Gasteiger partial charge is 0.490 e. The van der Waals surface area contributed by atoms with Crippen molar-refractivity contribution in [3.8, 4) is 5.75 Å². The lowest BCUT2D eigenvalue weighted by atomic mass is 10.1. The van der Waals surface area contributed by atoms with Crippen molar-refractivity contribution in [3.63, 3.8) is 0 Å². The lowest BCUT2D eigenvalue weighted by Crippen LogP contribution is -2.13. The number of nitrogens with zero attached hydrogens (tertiary/aromatic N) is 1. The molecule has 2 rings (SSSR count). The van der Waals surface area contributed by atoms with Crippen LogP contribution in [0.1, 0.15) is 15.9 Å². The van der Waals surface area contributed by atoms with Gasteiger partial charge in [-0.25, -0.2) is 0 Å². The zero-order chi connectivity index (χ0) is 16.3. The molecule has 6 nitrogen and oxygen atoms in total. The summed E-state index contributed by atoms with van der Waals surface area (Å²) < 4.78 is 5.82. The monoisotopic (exact) mass is 364 g/mol. The molecule has 0 unspecified atom stereocenters. The smallest absolute Gasteiger partial charge is 0.311 e. The number of benzene rings is 2. The minimum Gasteiger partial charge on any atom is -0.490 e. The van der Waals surface area contributed by atoms with Crippen molar-refractivity contribution in [1.29, 1.82) is 0 Å². The quantitative estimate of drug-likeness (QED) is 0.658. The first-order valence-electron chi connectivity index (χ1n) is 6.32. The van der Waals surface area contributed by atoms with Gasteiger partial charge in [-0.1, -0.05) is 15.9 Å². The second-order valence-corrected chi connectivity index (χ2v) is 5.47. The molecule has 22 heavy (non-hydrogen) atoms. The first-order chi connectivity index (χ1) is 10.4. The third-order valence-corrected chi connectivity index (χ3v) is 3.57. The van der Waals surface area contributed by atoms with Gasteiger partial charge in [-0.2, -0.15) is 0 Å². The summed E-state index contributed by atoms with van der Waals surface area (Å²) in [6.45, 7) is 1.86. The molecule has 0 aliphatic rings. The lowest BCUT2D eigenvalue weighted by molar-refractivity contribution is -0.385. The van der Waals surface area contributed by atoms with E-state index in [1.54, 1.807) is 12.1 Å². The molecule has 2 aromatic carbocycles. The Morgan fingerprint density at radius 1 is 1.27 bits per heavy atom. The number of amides is 1. The summed E-state index contributed by atoms with van der Waals surface area (Å²) in [6, 6.07) is 9.51. The van der Waals surface area contributed by atoms with Gasteiger partial charge >= 0.3 is 5.69 Å². The average Bonchev–Trinajstić information content (AvgIpc) is 2.49. The molecule has 7 heteroatoms. The molecule has 0 saturated heterocycles. The summed E-state index contributed by atoms with van der Waals surface area (Å²) in [6.07, 6.45) is 0. The van der Waals surface area contributed by atoms with E-state index in [1.807, 2.05) is 13.0 Å². The van der Waals surface area contributed by atoms with E-state index in [0.717, 1.165) is 10.0 Å². The number of anilines is 1. The third kappa shape index (κ3) is 3.43. The van der Waals surface area contributed by atoms with Crippen LogP contribution in [0.25, 0.3) is 0 Å². The van der Waals surface area contributed by atoms with Gasteiger partial charge in [0.2, 0.25) is 0 Å². The van der Waals surface area contributed by atoms with E-state index in [0.29, 0.717) is 5.69 Å². The van der Waals surface area contributed by atoms with E-state index in [2.05, 4.69) is 21.2 Å². The number of ether oxygens (including phenoxy) is 1. The molecule has 0 fully saturated rings. The molecule has 2 aromatic rings. The third-order valence-electron chi connectivity index (χ3n) is 3.07. The van der Waals surface area contributed by atoms with Gasteiger partial charge in [-0.3, -0.25) is 14.9 Å². The number of rotatable bonds is 4. The highest BCUT2D eigenvalue weighted by molar-refractivity contribution is 9.10. The number of methoxy groups -OCH3 is 1. The van der Waals surface area contributed by atoms with Crippen LogP contribution in [0.4, 0.5) is 11.4 Å². The van der Waals surface area contributed by atoms with Crippen LogP contribution in [0, 0.1) is 17.0 Å². The Morgan fingerprint density at radius 3 is 2.59 bits per heavy atom. The van der Waals surface area contributed by atoms with Gasteiger partial charge in [0.25, 0.3) is 5.91 Å². The Kier molecular flexibility index (Phi) is 4.77. The van der Waals surface area contributed by atoms with Crippen molar-refractivity contribution in [2.75, 3.05) is 12.4 Å². The van der Waals surface area contributed by atoms with E-state index in [9.17, 15) is 14.9 Å². The fourth-order valence-corrected chi connectivity index (χ4v) is 2.41. The summed E-state index contributed by atoms with van der Waals surface area (Å²) in [5.74, 6) is -0.308. The number of aryl methyl sites for hydroxylation is 1. The number of carbonyl (C=O) groups excluding carboxylic acids is 1. The predicted octanol–water partition coefficient (Wildman–Crippen LogP) is 3.93. The molecule has 0 atom stereocenters. The van der Waals surface area contributed by atoms with Gasteiger partial charge in [-0.05, 0) is 42.8 Å². The zero-order valence-electron chi connectivity index (χ0n) is 11.9. The molecule has 0 aliphatic carbocycles. The Bertz CT molecular complexity index is 746. The Morgan fingerprint density at radius 2 is 2.00 bits per heavy atom. The number of hydrogen-bond acceptors (Lipinski definition) is 4. The highest BCUT2D eigenvalue weighted by atomic mass is 79.9. The topological polar surface area (TPSA) is 81.5 Å². The van der Waals surface area contributed by atoms with Crippen LogP contribution in [0.5, 0.6) is 5.75 Å². The van der Waals surface area contributed by atoms with Gasteiger partial charge in [-0.15, -0.1) is 0 Å². The molecule has 114 valence electrons. The second-order valence-electron chi connectivity index (χ2n) is 4.56. The molecule has 1 amide bonds. The van der Waals surface area contributed by atoms with Crippen LogP contribution < -0.4 is 10.1 Å².